The Morgan fingerprint density at radius 2 is 1.92 bits per heavy atom. The van der Waals surface area contributed by atoms with Crippen LogP contribution in [0.25, 0.3) is 21.8 Å². The molecule has 1 unspecified atom stereocenters. The van der Waals surface area contributed by atoms with E-state index in [1.54, 1.807) is 6.07 Å². The van der Waals surface area contributed by atoms with E-state index in [-0.39, 0.29) is 5.82 Å². The summed E-state index contributed by atoms with van der Waals surface area (Å²) in [5, 5.41) is 12.1. The lowest BCUT2D eigenvalue weighted by Crippen LogP contribution is -2.02. The molecule has 0 aliphatic heterocycles. The summed E-state index contributed by atoms with van der Waals surface area (Å²) in [6, 6.07) is 12.5. The van der Waals surface area contributed by atoms with Gasteiger partial charge in [-0.25, -0.2) is 14.4 Å². The molecule has 1 fully saturated rings. The average Bonchev–Trinajstić information content (AvgIpc) is 3.23. The second kappa shape index (κ2) is 5.24. The van der Waals surface area contributed by atoms with E-state index < -0.39 is 0 Å². The van der Waals surface area contributed by atoms with E-state index in [9.17, 15) is 4.39 Å². The molecule has 4 aromatic rings. The number of benzene rings is 2. The number of anilines is 2. The number of aromatic amines is 1. The maximum absolute atomic E-state index is 13.6. The molecule has 0 bridgehead atoms. The molecule has 2 heterocycles. The molecule has 1 saturated carbocycles. The number of nitrogens with zero attached hydrogens (tertiary/aromatic N) is 3. The highest BCUT2D eigenvalue weighted by atomic mass is 19.1. The van der Waals surface area contributed by atoms with Crippen LogP contribution < -0.4 is 5.32 Å². The number of aromatic nitrogens is 4. The van der Waals surface area contributed by atoms with Gasteiger partial charge in [0.15, 0.2) is 5.82 Å². The summed E-state index contributed by atoms with van der Waals surface area (Å²) in [5.41, 5.74) is 1.68. The topological polar surface area (TPSA) is 66.5 Å². The van der Waals surface area contributed by atoms with Crippen molar-refractivity contribution in [2.45, 2.75) is 19.3 Å². The molecule has 2 aromatic carbocycles. The number of fused-ring (bicyclic) bond motifs is 2. The van der Waals surface area contributed by atoms with Gasteiger partial charge in [0.1, 0.15) is 17.5 Å². The highest BCUT2D eigenvalue weighted by Gasteiger charge is 2.37. The van der Waals surface area contributed by atoms with Gasteiger partial charge in [-0.15, -0.1) is 0 Å². The van der Waals surface area contributed by atoms with Gasteiger partial charge >= 0.3 is 0 Å². The normalized spacial score (nSPS) is 19.4. The third-order valence-corrected chi connectivity index (χ3v) is 4.82. The van der Waals surface area contributed by atoms with Crippen molar-refractivity contribution in [1.82, 2.24) is 20.2 Å². The van der Waals surface area contributed by atoms with Crippen LogP contribution in [0.5, 0.6) is 0 Å². The van der Waals surface area contributed by atoms with Gasteiger partial charge in [0.05, 0.1) is 11.0 Å². The Morgan fingerprint density at radius 3 is 2.76 bits per heavy atom. The minimum Gasteiger partial charge on any atom is -0.322 e. The summed E-state index contributed by atoms with van der Waals surface area (Å²) in [4.78, 5) is 9.46. The van der Waals surface area contributed by atoms with Crippen molar-refractivity contribution >= 4 is 33.4 Å². The fourth-order valence-electron chi connectivity index (χ4n) is 3.23. The molecule has 1 aliphatic rings. The van der Waals surface area contributed by atoms with Crippen molar-refractivity contribution in [3.63, 3.8) is 0 Å². The Hall–Kier alpha value is -3.02. The molecular weight excluding hydrogens is 317 g/mol. The summed E-state index contributed by atoms with van der Waals surface area (Å²) in [6.45, 7) is 2.21. The third kappa shape index (κ3) is 2.41. The van der Waals surface area contributed by atoms with Gasteiger partial charge in [-0.1, -0.05) is 19.1 Å². The van der Waals surface area contributed by atoms with Gasteiger partial charge in [-0.3, -0.25) is 5.10 Å². The van der Waals surface area contributed by atoms with Crippen molar-refractivity contribution < 1.29 is 4.39 Å². The molecule has 0 saturated heterocycles. The summed E-state index contributed by atoms with van der Waals surface area (Å²) < 4.78 is 13.6. The predicted octanol–water partition coefficient (Wildman–Crippen LogP) is 4.51. The number of rotatable bonds is 3. The van der Waals surface area contributed by atoms with E-state index in [0.29, 0.717) is 28.9 Å². The van der Waals surface area contributed by atoms with Crippen molar-refractivity contribution in [3.05, 3.63) is 54.1 Å². The van der Waals surface area contributed by atoms with Gasteiger partial charge < -0.3 is 5.32 Å². The highest BCUT2D eigenvalue weighted by Crippen LogP contribution is 2.46. The fourth-order valence-corrected chi connectivity index (χ4v) is 3.23. The van der Waals surface area contributed by atoms with Crippen molar-refractivity contribution in [2.24, 2.45) is 5.92 Å². The van der Waals surface area contributed by atoms with Gasteiger partial charge in [0, 0.05) is 16.7 Å². The van der Waals surface area contributed by atoms with Crippen LogP contribution in [-0.4, -0.2) is 20.2 Å². The smallest absolute Gasteiger partial charge is 0.161 e. The summed E-state index contributed by atoms with van der Waals surface area (Å²) >= 11 is 0. The summed E-state index contributed by atoms with van der Waals surface area (Å²) in [5.74, 6) is 2.87. The molecule has 0 amide bonds. The average molecular weight is 333 g/mol. The summed E-state index contributed by atoms with van der Waals surface area (Å²) in [7, 11) is 0. The largest absolute Gasteiger partial charge is 0.322 e. The molecule has 25 heavy (non-hydrogen) atoms. The highest BCUT2D eigenvalue weighted by molar-refractivity contribution is 5.96. The van der Waals surface area contributed by atoms with Crippen LogP contribution in [0.2, 0.25) is 0 Å². The van der Waals surface area contributed by atoms with E-state index in [2.05, 4.69) is 22.4 Å². The van der Waals surface area contributed by atoms with E-state index >= 15 is 0 Å². The molecule has 0 radical (unpaired) electrons. The Bertz CT molecular complexity index is 1100. The third-order valence-electron chi connectivity index (χ3n) is 4.82. The first-order valence-electron chi connectivity index (χ1n) is 8.36. The lowest BCUT2D eigenvalue weighted by Gasteiger charge is -2.09. The number of halogens is 1. The van der Waals surface area contributed by atoms with E-state index in [1.165, 1.54) is 12.1 Å². The van der Waals surface area contributed by atoms with Crippen molar-refractivity contribution in [3.8, 4) is 0 Å². The lowest BCUT2D eigenvalue weighted by molar-refractivity contribution is 0.630. The van der Waals surface area contributed by atoms with Crippen LogP contribution in [0.4, 0.5) is 16.0 Å². The Labute approximate surface area is 143 Å². The van der Waals surface area contributed by atoms with Gasteiger partial charge in [-0.2, -0.15) is 5.10 Å². The standard InChI is InChI=1S/C19H16FN5/c1-10-8-13(10)18-21-15-5-3-2-4-12(15)17(22-18)23-19-14-9-11(20)6-7-16(14)24-25-19/h2-7,9-10,13H,8H2,1H3,(H2,21,22,23,24,25)/t10-,13?/m1/s1. The molecule has 2 atom stereocenters. The maximum atomic E-state index is 13.6. The van der Waals surface area contributed by atoms with E-state index in [0.717, 1.165) is 28.7 Å². The Kier molecular flexibility index (Phi) is 3.00. The van der Waals surface area contributed by atoms with Crippen molar-refractivity contribution in [1.29, 1.82) is 0 Å². The van der Waals surface area contributed by atoms with Crippen LogP contribution >= 0.6 is 0 Å². The van der Waals surface area contributed by atoms with E-state index in [1.807, 2.05) is 24.3 Å². The van der Waals surface area contributed by atoms with Crippen LogP contribution in [0.3, 0.4) is 0 Å². The quantitative estimate of drug-likeness (QED) is 0.579. The minimum absolute atomic E-state index is 0.294. The minimum atomic E-state index is -0.294. The van der Waals surface area contributed by atoms with E-state index in [4.69, 9.17) is 9.97 Å². The molecule has 5 rings (SSSR count). The second-order valence-electron chi connectivity index (χ2n) is 6.65. The SMILES string of the molecule is C[C@@H]1CC1c1nc(Nc2n[nH]c3ccc(F)cc23)c2ccccc2n1. The Morgan fingerprint density at radius 1 is 1.08 bits per heavy atom. The van der Waals surface area contributed by atoms with Gasteiger partial charge in [-0.05, 0) is 42.7 Å². The number of hydrogen-bond donors (Lipinski definition) is 2. The summed E-state index contributed by atoms with van der Waals surface area (Å²) in [6.07, 6.45) is 1.12. The molecule has 124 valence electrons. The van der Waals surface area contributed by atoms with Gasteiger partial charge in [0.2, 0.25) is 0 Å². The monoisotopic (exact) mass is 333 g/mol. The zero-order valence-electron chi connectivity index (χ0n) is 13.6. The first-order valence-corrected chi connectivity index (χ1v) is 8.36. The zero-order chi connectivity index (χ0) is 17.0. The van der Waals surface area contributed by atoms with Crippen LogP contribution in [0.15, 0.2) is 42.5 Å². The number of nitrogens with one attached hydrogen (secondary N) is 2. The first kappa shape index (κ1) is 14.3. The number of H-pyrrole nitrogens is 1. The molecule has 5 nitrogen and oxygen atoms in total. The molecule has 0 spiro atoms. The zero-order valence-corrected chi connectivity index (χ0v) is 13.6. The molecule has 6 heteroatoms. The van der Waals surface area contributed by atoms with Crippen LogP contribution in [0, 0.1) is 11.7 Å². The predicted molar refractivity (Wildman–Crippen MR) is 95.4 cm³/mol. The molecule has 1 aliphatic carbocycles. The molecule has 2 N–H and O–H groups in total. The van der Waals surface area contributed by atoms with Gasteiger partial charge in [0.25, 0.3) is 0 Å². The van der Waals surface area contributed by atoms with Crippen LogP contribution in [-0.2, 0) is 0 Å². The second-order valence-corrected chi connectivity index (χ2v) is 6.65. The molecular formula is C19H16FN5. The fraction of sp³-hybridized carbons (Fsp3) is 0.211. The Balaban J connectivity index is 1.65. The number of para-hydroxylation sites is 1. The number of hydrogen-bond acceptors (Lipinski definition) is 4. The van der Waals surface area contributed by atoms with Crippen LogP contribution in [0.1, 0.15) is 25.1 Å². The first-order chi connectivity index (χ1) is 12.2. The maximum Gasteiger partial charge on any atom is 0.161 e. The molecule has 2 aromatic heterocycles. The lowest BCUT2D eigenvalue weighted by atomic mass is 10.2. The van der Waals surface area contributed by atoms with Crippen molar-refractivity contribution in [2.75, 3.05) is 5.32 Å².